The van der Waals surface area contributed by atoms with E-state index in [4.69, 9.17) is 17.0 Å². The molecule has 0 aromatic heterocycles. The first-order chi connectivity index (χ1) is 10.7. The fraction of sp³-hybridized carbons (Fsp3) is 0.471. The largest absolute Gasteiger partial charge is 0.493 e. The third kappa shape index (κ3) is 3.59. The summed E-state index contributed by atoms with van der Waals surface area (Å²) in [6.45, 7) is 5.85. The Balaban J connectivity index is 1.70. The molecule has 2 aliphatic rings. The van der Waals surface area contributed by atoms with Crippen LogP contribution in [0.4, 0.5) is 0 Å². The smallest absolute Gasteiger partial charge is 0.173 e. The van der Waals surface area contributed by atoms with Crippen molar-refractivity contribution in [2.24, 2.45) is 0 Å². The average molecular weight is 317 g/mol. The van der Waals surface area contributed by atoms with Gasteiger partial charge in [-0.25, -0.2) is 0 Å². The number of piperazine rings is 1. The summed E-state index contributed by atoms with van der Waals surface area (Å²) in [5, 5.41) is 7.56. The van der Waals surface area contributed by atoms with Crippen LogP contribution in [0.5, 0.6) is 5.75 Å². The molecule has 0 amide bonds. The molecule has 2 N–H and O–H groups in total. The van der Waals surface area contributed by atoms with E-state index in [2.05, 4.69) is 40.8 Å². The molecule has 2 aliphatic heterocycles. The molecular weight excluding hydrogens is 294 g/mol. The summed E-state index contributed by atoms with van der Waals surface area (Å²) in [6, 6.07) is 8.70. The molecule has 1 aromatic rings. The number of fused-ring (bicyclic) bond motifs is 1. The maximum Gasteiger partial charge on any atom is 0.173 e. The van der Waals surface area contributed by atoms with Gasteiger partial charge in [0.15, 0.2) is 5.11 Å². The van der Waals surface area contributed by atoms with Crippen LogP contribution in [0.2, 0.25) is 0 Å². The molecule has 1 saturated heterocycles. The minimum absolute atomic E-state index is 0.480. The number of hydrogen-bond donors (Lipinski definition) is 2. The van der Waals surface area contributed by atoms with E-state index in [1.165, 1.54) is 11.1 Å². The Morgan fingerprint density at radius 1 is 1.45 bits per heavy atom. The third-order valence-electron chi connectivity index (χ3n) is 4.11. The van der Waals surface area contributed by atoms with Crippen LogP contribution in [0.3, 0.4) is 0 Å². The van der Waals surface area contributed by atoms with Gasteiger partial charge in [-0.05, 0) is 43.6 Å². The van der Waals surface area contributed by atoms with E-state index >= 15 is 0 Å². The summed E-state index contributed by atoms with van der Waals surface area (Å²) in [7, 11) is 0. The van der Waals surface area contributed by atoms with Crippen LogP contribution >= 0.6 is 12.2 Å². The predicted molar refractivity (Wildman–Crippen MR) is 93.9 cm³/mol. The van der Waals surface area contributed by atoms with Crippen LogP contribution in [0.15, 0.2) is 30.5 Å². The van der Waals surface area contributed by atoms with Gasteiger partial charge in [0.05, 0.1) is 6.61 Å². The first kappa shape index (κ1) is 15.3. The minimum atomic E-state index is 0.480. The molecule has 4 nitrogen and oxygen atoms in total. The lowest BCUT2D eigenvalue weighted by atomic mass is 10.0. The standard InChI is InChI=1S/C17H23N3OS/c1-13-12-20(9-8-18-13)17(22)19-11-14-5-4-10-21-16-7-3-2-6-15(14)16/h2-3,6-7,11,13,18H,4-5,8-10,12H2,1H3,(H,19,22)/b14-11-. The van der Waals surface area contributed by atoms with Crippen LogP contribution in [0, 0.1) is 0 Å². The molecule has 5 heteroatoms. The number of nitrogens with one attached hydrogen (secondary N) is 2. The van der Waals surface area contributed by atoms with Gasteiger partial charge >= 0.3 is 0 Å². The Morgan fingerprint density at radius 3 is 3.18 bits per heavy atom. The van der Waals surface area contributed by atoms with E-state index in [0.717, 1.165) is 49.9 Å². The van der Waals surface area contributed by atoms with Crippen molar-refractivity contribution >= 4 is 22.9 Å². The highest BCUT2D eigenvalue weighted by atomic mass is 32.1. The average Bonchev–Trinajstić information content (AvgIpc) is 2.75. The molecule has 2 heterocycles. The molecule has 0 saturated carbocycles. The quantitative estimate of drug-likeness (QED) is 0.778. The Labute approximate surface area is 137 Å². The van der Waals surface area contributed by atoms with Crippen molar-refractivity contribution in [1.29, 1.82) is 0 Å². The van der Waals surface area contributed by atoms with Gasteiger partial charge in [-0.2, -0.15) is 0 Å². The molecule has 0 bridgehead atoms. The zero-order valence-corrected chi connectivity index (χ0v) is 13.8. The van der Waals surface area contributed by atoms with Crippen molar-refractivity contribution < 1.29 is 4.74 Å². The lowest BCUT2D eigenvalue weighted by Crippen LogP contribution is -2.53. The second-order valence-electron chi connectivity index (χ2n) is 5.87. The molecule has 0 radical (unpaired) electrons. The van der Waals surface area contributed by atoms with Crippen LogP contribution in [-0.2, 0) is 0 Å². The molecule has 1 aromatic carbocycles. The van der Waals surface area contributed by atoms with Crippen molar-refractivity contribution in [1.82, 2.24) is 15.5 Å². The number of rotatable bonds is 1. The highest BCUT2D eigenvalue weighted by molar-refractivity contribution is 7.80. The number of thiocarbonyl (C=S) groups is 1. The maximum atomic E-state index is 5.80. The number of hydrogen-bond acceptors (Lipinski definition) is 3. The highest BCUT2D eigenvalue weighted by Crippen LogP contribution is 2.31. The zero-order chi connectivity index (χ0) is 15.4. The monoisotopic (exact) mass is 317 g/mol. The highest BCUT2D eigenvalue weighted by Gasteiger charge is 2.18. The van der Waals surface area contributed by atoms with E-state index in [-0.39, 0.29) is 0 Å². The van der Waals surface area contributed by atoms with Crippen LogP contribution < -0.4 is 15.4 Å². The first-order valence-corrected chi connectivity index (χ1v) is 8.35. The lowest BCUT2D eigenvalue weighted by molar-refractivity contribution is 0.302. The molecule has 0 aliphatic carbocycles. The van der Waals surface area contributed by atoms with Crippen LogP contribution in [0.25, 0.3) is 5.57 Å². The summed E-state index contributed by atoms with van der Waals surface area (Å²) in [5.41, 5.74) is 2.43. The van der Waals surface area contributed by atoms with Crippen molar-refractivity contribution in [2.75, 3.05) is 26.2 Å². The van der Waals surface area contributed by atoms with Crippen molar-refractivity contribution in [3.05, 3.63) is 36.0 Å². The normalized spacial score (nSPS) is 23.4. The van der Waals surface area contributed by atoms with Crippen LogP contribution in [-0.4, -0.2) is 42.3 Å². The fourth-order valence-electron chi connectivity index (χ4n) is 2.94. The summed E-state index contributed by atoms with van der Waals surface area (Å²) in [6.07, 6.45) is 4.09. The van der Waals surface area contributed by atoms with Gasteiger partial charge < -0.3 is 20.3 Å². The predicted octanol–water partition coefficient (Wildman–Crippen LogP) is 2.37. The Kier molecular flexibility index (Phi) is 4.95. The second-order valence-corrected chi connectivity index (χ2v) is 6.26. The van der Waals surface area contributed by atoms with E-state index in [1.54, 1.807) is 0 Å². The fourth-order valence-corrected chi connectivity index (χ4v) is 3.17. The second kappa shape index (κ2) is 7.11. The Morgan fingerprint density at radius 2 is 2.32 bits per heavy atom. The molecule has 1 unspecified atom stereocenters. The van der Waals surface area contributed by atoms with Gasteiger partial charge in [0.25, 0.3) is 0 Å². The van der Waals surface area contributed by atoms with E-state index in [9.17, 15) is 0 Å². The third-order valence-corrected chi connectivity index (χ3v) is 4.48. The summed E-state index contributed by atoms with van der Waals surface area (Å²) >= 11 is 5.54. The molecule has 1 atom stereocenters. The van der Waals surface area contributed by atoms with E-state index < -0.39 is 0 Å². The number of benzene rings is 1. The summed E-state index contributed by atoms with van der Waals surface area (Å²) in [4.78, 5) is 2.23. The van der Waals surface area contributed by atoms with E-state index in [1.807, 2.05) is 12.1 Å². The van der Waals surface area contributed by atoms with Gasteiger partial charge in [0.1, 0.15) is 5.75 Å². The van der Waals surface area contributed by atoms with E-state index in [0.29, 0.717) is 6.04 Å². The molecule has 118 valence electrons. The van der Waals surface area contributed by atoms with Crippen LogP contribution in [0.1, 0.15) is 25.3 Å². The lowest BCUT2D eigenvalue weighted by Gasteiger charge is -2.33. The van der Waals surface area contributed by atoms with Gasteiger partial charge in [-0.3, -0.25) is 0 Å². The van der Waals surface area contributed by atoms with Gasteiger partial charge in [0, 0.05) is 37.4 Å². The SMILES string of the molecule is CC1CN(C(=S)N/C=C2/CCCOc3ccccc32)CCN1. The van der Waals surface area contributed by atoms with Crippen molar-refractivity contribution in [3.8, 4) is 5.75 Å². The Bertz CT molecular complexity index is 573. The molecular formula is C17H23N3OS. The van der Waals surface area contributed by atoms with Crippen molar-refractivity contribution in [3.63, 3.8) is 0 Å². The molecule has 22 heavy (non-hydrogen) atoms. The maximum absolute atomic E-state index is 5.80. The number of ether oxygens (including phenoxy) is 1. The first-order valence-electron chi connectivity index (χ1n) is 7.94. The molecule has 0 spiro atoms. The zero-order valence-electron chi connectivity index (χ0n) is 13.0. The van der Waals surface area contributed by atoms with Crippen molar-refractivity contribution in [2.45, 2.75) is 25.8 Å². The van der Waals surface area contributed by atoms with Gasteiger partial charge in [0.2, 0.25) is 0 Å². The number of allylic oxidation sites excluding steroid dienone is 1. The van der Waals surface area contributed by atoms with Gasteiger partial charge in [-0.1, -0.05) is 18.2 Å². The minimum Gasteiger partial charge on any atom is -0.493 e. The number of para-hydroxylation sites is 1. The number of nitrogens with zero attached hydrogens (tertiary/aromatic N) is 1. The Hall–Kier alpha value is -1.59. The summed E-state index contributed by atoms with van der Waals surface area (Å²) in [5.74, 6) is 0.967. The molecule has 1 fully saturated rings. The van der Waals surface area contributed by atoms with Gasteiger partial charge in [-0.15, -0.1) is 0 Å². The summed E-state index contributed by atoms with van der Waals surface area (Å²) < 4.78 is 5.80. The topological polar surface area (TPSA) is 36.5 Å². The molecule has 3 rings (SSSR count).